The monoisotopic (exact) mass is 463 g/mol. The van der Waals surface area contributed by atoms with Crippen molar-refractivity contribution in [2.24, 2.45) is 5.73 Å². The van der Waals surface area contributed by atoms with Crippen LogP contribution in [0.4, 0.5) is 8.78 Å². The molecule has 1 unspecified atom stereocenters. The quantitative estimate of drug-likeness (QED) is 0.390. The Morgan fingerprint density at radius 3 is 2.44 bits per heavy atom. The number of amides is 2. The summed E-state index contributed by atoms with van der Waals surface area (Å²) < 4.78 is 27.2. The number of nitrogens with two attached hydrogens (primary N) is 1. The minimum absolute atomic E-state index is 0.00972. The zero-order valence-electron chi connectivity index (χ0n) is 17.7. The Bertz CT molecular complexity index is 1370. The van der Waals surface area contributed by atoms with Crippen molar-refractivity contribution in [2.45, 2.75) is 19.0 Å². The molecule has 2 amide bonds. The summed E-state index contributed by atoms with van der Waals surface area (Å²) in [6, 6.07) is 16.2. The van der Waals surface area contributed by atoms with Crippen LogP contribution in [0.5, 0.6) is 0 Å². The van der Waals surface area contributed by atoms with Gasteiger partial charge in [-0.1, -0.05) is 48.5 Å². The number of alkyl halides is 2. The molecule has 2 heterocycles. The van der Waals surface area contributed by atoms with E-state index >= 15 is 0 Å². The molecule has 0 aliphatic rings. The molecule has 4 rings (SSSR count). The third kappa shape index (κ3) is 4.80. The summed E-state index contributed by atoms with van der Waals surface area (Å²) in [5.74, 6) is -3.08. The van der Waals surface area contributed by atoms with Crippen LogP contribution in [0.1, 0.15) is 22.5 Å². The van der Waals surface area contributed by atoms with Crippen molar-refractivity contribution in [3.8, 4) is 11.3 Å². The van der Waals surface area contributed by atoms with Gasteiger partial charge in [-0.25, -0.2) is 4.68 Å². The van der Waals surface area contributed by atoms with E-state index in [-0.39, 0.29) is 17.7 Å². The molecule has 0 aliphatic heterocycles. The van der Waals surface area contributed by atoms with Gasteiger partial charge in [0.2, 0.25) is 5.78 Å². The lowest BCUT2D eigenvalue weighted by Gasteiger charge is -2.16. The van der Waals surface area contributed by atoms with Gasteiger partial charge >= 0.3 is 6.55 Å². The van der Waals surface area contributed by atoms with E-state index in [1.165, 1.54) is 6.20 Å². The molecule has 8 nitrogen and oxygen atoms in total. The van der Waals surface area contributed by atoms with Crippen molar-refractivity contribution >= 4 is 28.5 Å². The van der Waals surface area contributed by atoms with Crippen LogP contribution in [0.25, 0.3) is 22.2 Å². The van der Waals surface area contributed by atoms with Crippen LogP contribution in [-0.4, -0.2) is 38.4 Å². The molecule has 10 heteroatoms. The molecule has 0 fully saturated rings. The molecular formula is C24H19F2N5O3. The van der Waals surface area contributed by atoms with Crippen LogP contribution in [0.3, 0.4) is 0 Å². The number of primary amides is 1. The SMILES string of the molecule is NC(=O)C(=O)C(Cc1ccccc1)NC(=O)c1cn(C(F)F)nc1-c1cnc2ccccc2c1. The number of nitrogens with one attached hydrogen (secondary N) is 1. The lowest BCUT2D eigenvalue weighted by Crippen LogP contribution is -2.47. The van der Waals surface area contributed by atoms with Crippen molar-refractivity contribution in [1.82, 2.24) is 20.1 Å². The number of carbonyl (C=O) groups is 3. The van der Waals surface area contributed by atoms with Crippen LogP contribution >= 0.6 is 0 Å². The lowest BCUT2D eigenvalue weighted by atomic mass is 10.0. The third-order valence-corrected chi connectivity index (χ3v) is 5.19. The Morgan fingerprint density at radius 2 is 1.74 bits per heavy atom. The average Bonchev–Trinajstić information content (AvgIpc) is 3.29. The Kier molecular flexibility index (Phi) is 6.39. The number of rotatable bonds is 8. The van der Waals surface area contributed by atoms with Crippen LogP contribution in [0, 0.1) is 0 Å². The van der Waals surface area contributed by atoms with Gasteiger partial charge in [0.05, 0.1) is 11.1 Å². The number of halogens is 2. The highest BCUT2D eigenvalue weighted by molar-refractivity contribution is 6.38. The smallest absolute Gasteiger partial charge is 0.333 e. The van der Waals surface area contributed by atoms with E-state index in [2.05, 4.69) is 15.4 Å². The summed E-state index contributed by atoms with van der Waals surface area (Å²) in [6.07, 6.45) is 2.30. The second kappa shape index (κ2) is 9.57. The van der Waals surface area contributed by atoms with E-state index in [9.17, 15) is 23.2 Å². The van der Waals surface area contributed by atoms with Gasteiger partial charge < -0.3 is 11.1 Å². The molecule has 172 valence electrons. The Balaban J connectivity index is 1.70. The van der Waals surface area contributed by atoms with E-state index < -0.39 is 30.2 Å². The molecule has 2 aromatic carbocycles. The van der Waals surface area contributed by atoms with Gasteiger partial charge in [0.25, 0.3) is 11.8 Å². The fourth-order valence-electron chi connectivity index (χ4n) is 3.54. The van der Waals surface area contributed by atoms with E-state index in [1.807, 2.05) is 6.07 Å². The normalized spacial score (nSPS) is 12.0. The zero-order chi connectivity index (χ0) is 24.2. The number of Topliss-reactive ketones (excluding diaryl/α,β-unsaturated/α-hetero) is 1. The molecule has 3 N–H and O–H groups in total. The summed E-state index contributed by atoms with van der Waals surface area (Å²) in [4.78, 5) is 41.4. The van der Waals surface area contributed by atoms with Crippen LogP contribution in [0.2, 0.25) is 0 Å². The maximum absolute atomic E-state index is 13.4. The number of hydrogen-bond acceptors (Lipinski definition) is 5. The van der Waals surface area contributed by atoms with Gasteiger partial charge in [0, 0.05) is 29.8 Å². The van der Waals surface area contributed by atoms with Crippen molar-refractivity contribution in [1.29, 1.82) is 0 Å². The van der Waals surface area contributed by atoms with Gasteiger partial charge in [-0.2, -0.15) is 13.9 Å². The van der Waals surface area contributed by atoms with Crippen molar-refractivity contribution < 1.29 is 23.2 Å². The first-order valence-corrected chi connectivity index (χ1v) is 10.2. The summed E-state index contributed by atoms with van der Waals surface area (Å²) in [6.45, 7) is -3.00. The van der Waals surface area contributed by atoms with E-state index in [1.54, 1.807) is 54.6 Å². The number of carbonyl (C=O) groups excluding carboxylic acids is 3. The molecule has 0 aliphatic carbocycles. The second-order valence-corrected chi connectivity index (χ2v) is 7.51. The highest BCUT2D eigenvalue weighted by atomic mass is 19.3. The average molecular weight is 463 g/mol. The fraction of sp³-hybridized carbons (Fsp3) is 0.125. The second-order valence-electron chi connectivity index (χ2n) is 7.51. The first-order chi connectivity index (χ1) is 16.3. The van der Waals surface area contributed by atoms with E-state index in [0.717, 1.165) is 11.6 Å². The van der Waals surface area contributed by atoms with E-state index in [0.29, 0.717) is 21.3 Å². The molecule has 0 bridgehead atoms. The lowest BCUT2D eigenvalue weighted by molar-refractivity contribution is -0.137. The molecule has 0 spiro atoms. The predicted molar refractivity (Wildman–Crippen MR) is 120 cm³/mol. The largest absolute Gasteiger partial charge is 0.363 e. The first kappa shape index (κ1) is 22.7. The molecule has 0 radical (unpaired) electrons. The standard InChI is InChI=1S/C24H19F2N5O3/c25-24(26)31-13-17(20(30-31)16-11-15-8-4-5-9-18(15)28-12-16)23(34)29-19(21(32)22(27)33)10-14-6-2-1-3-7-14/h1-9,11-13,19,24H,10H2,(H2,27,33)(H,29,34). The number of aromatic nitrogens is 3. The summed E-state index contributed by atoms with van der Waals surface area (Å²) >= 11 is 0. The number of para-hydroxylation sites is 1. The minimum Gasteiger partial charge on any atom is -0.363 e. The number of hydrogen-bond donors (Lipinski definition) is 2. The third-order valence-electron chi connectivity index (χ3n) is 5.19. The van der Waals surface area contributed by atoms with Crippen LogP contribution in [0.15, 0.2) is 73.1 Å². The fourth-order valence-corrected chi connectivity index (χ4v) is 3.54. The highest BCUT2D eigenvalue weighted by Crippen LogP contribution is 2.26. The molecule has 1 atom stereocenters. The summed E-state index contributed by atoms with van der Waals surface area (Å²) in [7, 11) is 0. The van der Waals surface area contributed by atoms with Gasteiger partial charge in [-0.15, -0.1) is 0 Å². The number of benzene rings is 2. The predicted octanol–water partition coefficient (Wildman–Crippen LogP) is 2.89. The van der Waals surface area contributed by atoms with Gasteiger partial charge in [-0.3, -0.25) is 19.4 Å². The van der Waals surface area contributed by atoms with Crippen LogP contribution in [-0.2, 0) is 16.0 Å². The molecular weight excluding hydrogens is 444 g/mol. The molecule has 0 saturated carbocycles. The Hall–Kier alpha value is -4.47. The number of fused-ring (bicyclic) bond motifs is 1. The van der Waals surface area contributed by atoms with Crippen LogP contribution < -0.4 is 11.1 Å². The molecule has 0 saturated heterocycles. The Labute approximate surface area is 192 Å². The summed E-state index contributed by atoms with van der Waals surface area (Å²) in [5, 5.41) is 7.05. The van der Waals surface area contributed by atoms with Gasteiger partial charge in [0.15, 0.2) is 0 Å². The molecule has 2 aromatic heterocycles. The van der Waals surface area contributed by atoms with Crippen molar-refractivity contribution in [3.63, 3.8) is 0 Å². The van der Waals surface area contributed by atoms with Gasteiger partial charge in [-0.05, 0) is 17.7 Å². The topological polar surface area (TPSA) is 120 Å². The highest BCUT2D eigenvalue weighted by Gasteiger charge is 2.28. The van der Waals surface area contributed by atoms with Crippen molar-refractivity contribution in [3.05, 3.63) is 84.2 Å². The molecule has 34 heavy (non-hydrogen) atoms. The first-order valence-electron chi connectivity index (χ1n) is 10.2. The maximum atomic E-state index is 13.4. The number of nitrogens with zero attached hydrogens (tertiary/aromatic N) is 3. The number of pyridine rings is 1. The van der Waals surface area contributed by atoms with Crippen molar-refractivity contribution in [2.75, 3.05) is 0 Å². The summed E-state index contributed by atoms with van der Waals surface area (Å²) in [5.41, 5.74) is 6.61. The number of ketones is 1. The maximum Gasteiger partial charge on any atom is 0.333 e. The minimum atomic E-state index is -3.00. The van der Waals surface area contributed by atoms with Gasteiger partial charge in [0.1, 0.15) is 11.7 Å². The van der Waals surface area contributed by atoms with E-state index in [4.69, 9.17) is 5.73 Å². The molecule has 4 aromatic rings. The zero-order valence-corrected chi connectivity index (χ0v) is 17.7. The Morgan fingerprint density at radius 1 is 1.03 bits per heavy atom.